The molecule has 0 spiro atoms. The Morgan fingerprint density at radius 2 is 2.17 bits per heavy atom. The minimum absolute atomic E-state index is 0.0472. The molecule has 4 heteroatoms. The molecule has 1 N–H and O–H groups in total. The van der Waals surface area contributed by atoms with Crippen molar-refractivity contribution < 1.29 is 4.74 Å². The van der Waals surface area contributed by atoms with Crippen LogP contribution in [-0.2, 0) is 10.2 Å². The smallest absolute Gasteiger partial charge is 0.137 e. The molecule has 0 aliphatic heterocycles. The van der Waals surface area contributed by atoms with Crippen molar-refractivity contribution in [3.63, 3.8) is 0 Å². The Hall–Kier alpha value is -0.740. The molecule has 1 aliphatic rings. The highest BCUT2D eigenvalue weighted by Gasteiger charge is 2.35. The van der Waals surface area contributed by atoms with E-state index in [9.17, 15) is 0 Å². The fraction of sp³-hybridized carbons (Fsp3) is 0.714. The summed E-state index contributed by atoms with van der Waals surface area (Å²) in [5, 5.41) is 0. The van der Waals surface area contributed by atoms with Gasteiger partial charge in [-0.1, -0.05) is 33.0 Å². The van der Waals surface area contributed by atoms with E-state index >= 15 is 0 Å². The Morgan fingerprint density at radius 3 is 2.67 bits per heavy atom. The molecule has 1 fully saturated rings. The minimum atomic E-state index is 0.0472. The molecular formula is C14H22N2OS. The number of hydrogen-bond donors (Lipinski definition) is 1. The van der Waals surface area contributed by atoms with E-state index in [0.29, 0.717) is 17.2 Å². The summed E-state index contributed by atoms with van der Waals surface area (Å²) in [4.78, 5) is 7.89. The molecule has 0 saturated heterocycles. The van der Waals surface area contributed by atoms with Crippen molar-refractivity contribution in [2.75, 3.05) is 6.61 Å². The van der Waals surface area contributed by atoms with Crippen LogP contribution < -0.4 is 0 Å². The molecule has 1 unspecified atom stereocenters. The van der Waals surface area contributed by atoms with Crippen molar-refractivity contribution in [1.82, 2.24) is 9.97 Å². The van der Waals surface area contributed by atoms with Gasteiger partial charge in [0.1, 0.15) is 16.6 Å². The van der Waals surface area contributed by atoms with Crippen molar-refractivity contribution in [2.45, 2.75) is 52.1 Å². The fourth-order valence-electron chi connectivity index (χ4n) is 2.03. The molecule has 0 amide bonds. The molecule has 1 atom stereocenters. The van der Waals surface area contributed by atoms with Crippen LogP contribution in [0.4, 0.5) is 0 Å². The highest BCUT2D eigenvalue weighted by molar-refractivity contribution is 7.71. The third kappa shape index (κ3) is 3.18. The summed E-state index contributed by atoms with van der Waals surface area (Å²) < 4.78 is 6.49. The summed E-state index contributed by atoms with van der Waals surface area (Å²) in [5.74, 6) is 1.51. The number of rotatable bonds is 4. The maximum atomic E-state index is 5.83. The molecule has 0 aromatic carbocycles. The molecule has 18 heavy (non-hydrogen) atoms. The highest BCUT2D eigenvalue weighted by atomic mass is 32.1. The van der Waals surface area contributed by atoms with Gasteiger partial charge in [-0.2, -0.15) is 0 Å². The lowest BCUT2D eigenvalue weighted by molar-refractivity contribution is 0.0396. The van der Waals surface area contributed by atoms with Gasteiger partial charge in [0.15, 0.2) is 0 Å². The first kappa shape index (κ1) is 13.7. The van der Waals surface area contributed by atoms with Crippen LogP contribution in [0.1, 0.15) is 58.2 Å². The van der Waals surface area contributed by atoms with E-state index in [1.165, 1.54) is 12.8 Å². The highest BCUT2D eigenvalue weighted by Crippen LogP contribution is 2.42. The van der Waals surface area contributed by atoms with Crippen molar-refractivity contribution in [3.05, 3.63) is 22.2 Å². The van der Waals surface area contributed by atoms with Crippen LogP contribution in [0.5, 0.6) is 0 Å². The number of ether oxygens (including phenoxy) is 1. The molecule has 1 aromatic rings. The van der Waals surface area contributed by atoms with Crippen LogP contribution in [-0.4, -0.2) is 16.6 Å². The van der Waals surface area contributed by atoms with Crippen LogP contribution in [0, 0.1) is 10.6 Å². The molecule has 1 saturated carbocycles. The summed E-state index contributed by atoms with van der Waals surface area (Å²) in [5.41, 5.74) is 1.17. The van der Waals surface area contributed by atoms with E-state index < -0.39 is 0 Å². The Morgan fingerprint density at radius 1 is 1.50 bits per heavy atom. The lowest BCUT2D eigenvalue weighted by Gasteiger charge is -2.22. The van der Waals surface area contributed by atoms with E-state index in [1.54, 1.807) is 0 Å². The van der Waals surface area contributed by atoms with Gasteiger partial charge in [0, 0.05) is 17.7 Å². The second-order valence-corrected chi connectivity index (χ2v) is 6.40. The van der Waals surface area contributed by atoms with Crippen LogP contribution in [0.3, 0.4) is 0 Å². The number of aromatic nitrogens is 2. The Bertz CT molecular complexity index is 471. The third-order valence-corrected chi connectivity index (χ3v) is 3.44. The zero-order valence-electron chi connectivity index (χ0n) is 11.6. The van der Waals surface area contributed by atoms with Crippen LogP contribution in [0.25, 0.3) is 0 Å². The topological polar surface area (TPSA) is 37.9 Å². The van der Waals surface area contributed by atoms with Gasteiger partial charge in [-0.25, -0.2) is 4.98 Å². The maximum absolute atomic E-state index is 5.83. The van der Waals surface area contributed by atoms with E-state index in [-0.39, 0.29) is 11.5 Å². The molecule has 3 nitrogen and oxygen atoms in total. The first-order valence-electron chi connectivity index (χ1n) is 6.65. The van der Waals surface area contributed by atoms with E-state index in [0.717, 1.165) is 11.5 Å². The molecule has 100 valence electrons. The van der Waals surface area contributed by atoms with Crippen LogP contribution in [0.2, 0.25) is 0 Å². The predicted molar refractivity (Wildman–Crippen MR) is 75.2 cm³/mol. The van der Waals surface area contributed by atoms with Crippen LogP contribution in [0.15, 0.2) is 6.07 Å². The largest absolute Gasteiger partial charge is 0.370 e. The third-order valence-electron chi connectivity index (χ3n) is 3.24. The van der Waals surface area contributed by atoms with Crippen molar-refractivity contribution >= 4 is 12.2 Å². The van der Waals surface area contributed by atoms with E-state index in [4.69, 9.17) is 17.0 Å². The number of nitrogens with zero attached hydrogens (tertiary/aromatic N) is 1. The summed E-state index contributed by atoms with van der Waals surface area (Å²) >= 11 is 5.28. The minimum Gasteiger partial charge on any atom is -0.370 e. The Balaban J connectivity index is 2.37. The summed E-state index contributed by atoms with van der Waals surface area (Å²) in [6.07, 6.45) is 2.54. The molecular weight excluding hydrogens is 244 g/mol. The maximum Gasteiger partial charge on any atom is 0.137 e. The Labute approximate surface area is 114 Å². The molecule has 1 aromatic heterocycles. The normalized spacial score (nSPS) is 17.8. The second-order valence-electron chi connectivity index (χ2n) is 5.98. The zero-order chi connectivity index (χ0) is 13.3. The molecule has 0 radical (unpaired) electrons. The van der Waals surface area contributed by atoms with Gasteiger partial charge in [-0.15, -0.1) is 0 Å². The van der Waals surface area contributed by atoms with Gasteiger partial charge in [-0.3, -0.25) is 0 Å². The van der Waals surface area contributed by atoms with E-state index in [1.807, 2.05) is 13.0 Å². The van der Waals surface area contributed by atoms with Gasteiger partial charge in [0.25, 0.3) is 0 Å². The molecule has 2 rings (SSSR count). The van der Waals surface area contributed by atoms with Gasteiger partial charge < -0.3 is 9.72 Å². The monoisotopic (exact) mass is 266 g/mol. The van der Waals surface area contributed by atoms with Crippen molar-refractivity contribution in [1.29, 1.82) is 0 Å². The zero-order valence-corrected chi connectivity index (χ0v) is 12.4. The molecule has 1 aliphatic carbocycles. The predicted octanol–water partition coefficient (Wildman–Crippen LogP) is 3.92. The first-order chi connectivity index (χ1) is 8.41. The quantitative estimate of drug-likeness (QED) is 0.839. The van der Waals surface area contributed by atoms with Gasteiger partial charge >= 0.3 is 0 Å². The summed E-state index contributed by atoms with van der Waals surface area (Å²) in [6.45, 7) is 9.25. The standard InChI is InChI=1S/C14H22N2OS/c1-5-17-12(9-6-7-9)13-15-10(14(2,3)4)8-11(18)16-13/h8-9,12H,5-7H2,1-4H3,(H,15,16,18). The van der Waals surface area contributed by atoms with Crippen molar-refractivity contribution in [3.8, 4) is 0 Å². The van der Waals surface area contributed by atoms with Gasteiger partial charge in [-0.05, 0) is 31.7 Å². The lowest BCUT2D eigenvalue weighted by Crippen LogP contribution is -2.18. The average Bonchev–Trinajstić information content (AvgIpc) is 3.07. The average molecular weight is 266 g/mol. The molecule has 0 bridgehead atoms. The number of aromatic amines is 1. The fourth-order valence-corrected chi connectivity index (χ4v) is 2.25. The van der Waals surface area contributed by atoms with E-state index in [2.05, 4.69) is 30.7 Å². The van der Waals surface area contributed by atoms with Crippen molar-refractivity contribution in [2.24, 2.45) is 5.92 Å². The first-order valence-corrected chi connectivity index (χ1v) is 7.06. The summed E-state index contributed by atoms with van der Waals surface area (Å²) in [6, 6.07) is 1.95. The van der Waals surface area contributed by atoms with Crippen LogP contribution >= 0.6 is 12.2 Å². The summed E-state index contributed by atoms with van der Waals surface area (Å²) in [7, 11) is 0. The van der Waals surface area contributed by atoms with Gasteiger partial charge in [0.2, 0.25) is 0 Å². The second kappa shape index (κ2) is 5.10. The number of nitrogens with one attached hydrogen (secondary N) is 1. The molecule has 1 heterocycles. The van der Waals surface area contributed by atoms with Gasteiger partial charge in [0.05, 0.1) is 0 Å². The Kier molecular flexibility index (Phi) is 3.87. The SMILES string of the molecule is CCOC(c1nc(=S)cc(C(C)(C)C)[nH]1)C1CC1. The lowest BCUT2D eigenvalue weighted by atomic mass is 9.92. The number of H-pyrrole nitrogens is 1. The number of hydrogen-bond acceptors (Lipinski definition) is 3.